The van der Waals surface area contributed by atoms with E-state index in [-0.39, 0.29) is 0 Å². The van der Waals surface area contributed by atoms with E-state index in [4.69, 9.17) is 5.10 Å². The van der Waals surface area contributed by atoms with Gasteiger partial charge >= 0.3 is 0 Å². The predicted octanol–water partition coefficient (Wildman–Crippen LogP) is 3.34. The second kappa shape index (κ2) is 5.16. The van der Waals surface area contributed by atoms with E-state index >= 15 is 0 Å². The zero-order chi connectivity index (χ0) is 14.1. The van der Waals surface area contributed by atoms with E-state index in [9.17, 15) is 0 Å². The van der Waals surface area contributed by atoms with Crippen LogP contribution in [0.4, 0.5) is 0 Å². The summed E-state index contributed by atoms with van der Waals surface area (Å²) in [5.74, 6) is 0.470. The van der Waals surface area contributed by atoms with Crippen LogP contribution < -0.4 is 0 Å². The maximum atomic E-state index is 4.71. The lowest BCUT2D eigenvalue weighted by Gasteiger charge is -2.17. The molecule has 0 fully saturated rings. The zero-order valence-corrected chi connectivity index (χ0v) is 12.2. The lowest BCUT2D eigenvalue weighted by atomic mass is 9.95. The van der Waals surface area contributed by atoms with Crippen LogP contribution in [0.2, 0.25) is 0 Å². The van der Waals surface area contributed by atoms with Gasteiger partial charge in [0.25, 0.3) is 0 Å². The number of aromatic nitrogens is 2. The normalized spacial score (nSPS) is 17.0. The van der Waals surface area contributed by atoms with E-state index in [1.54, 1.807) is 0 Å². The number of rotatable bonds is 4. The Balaban J connectivity index is 1.91. The van der Waals surface area contributed by atoms with Crippen molar-refractivity contribution in [2.75, 3.05) is 13.6 Å². The van der Waals surface area contributed by atoms with Gasteiger partial charge in [0.15, 0.2) is 0 Å². The molecule has 0 saturated carbocycles. The fraction of sp³-hybridized carbons (Fsp3) is 0.353. The molecule has 20 heavy (non-hydrogen) atoms. The van der Waals surface area contributed by atoms with Gasteiger partial charge in [0.1, 0.15) is 5.69 Å². The van der Waals surface area contributed by atoms with Crippen LogP contribution in [0, 0.1) is 0 Å². The van der Waals surface area contributed by atoms with E-state index in [1.165, 1.54) is 11.3 Å². The van der Waals surface area contributed by atoms with Gasteiger partial charge in [0.05, 0.1) is 5.70 Å². The first-order valence-corrected chi connectivity index (χ1v) is 7.23. The number of aryl methyl sites for hydroxylation is 1. The molecule has 0 N–H and O–H groups in total. The topological polar surface area (TPSA) is 21.1 Å². The fourth-order valence-corrected chi connectivity index (χ4v) is 2.84. The summed E-state index contributed by atoms with van der Waals surface area (Å²) in [4.78, 5) is 2.13. The summed E-state index contributed by atoms with van der Waals surface area (Å²) < 4.78 is 2.14. The van der Waals surface area contributed by atoms with Crippen molar-refractivity contribution in [2.24, 2.45) is 0 Å². The van der Waals surface area contributed by atoms with Crippen LogP contribution in [-0.4, -0.2) is 28.3 Å². The van der Waals surface area contributed by atoms with Crippen molar-refractivity contribution in [2.45, 2.75) is 25.8 Å². The lowest BCUT2D eigenvalue weighted by Crippen LogP contribution is -2.15. The standard InChI is InChI=1S/C17H21N3/c1-4-19(3)13(2)16-12-17-15(10-11-20(17)18-16)14-8-6-5-7-9-14/h5-9,12,15H,2,4,10-11H2,1,3H3. The molecule has 104 valence electrons. The second-order valence-electron chi connectivity index (χ2n) is 5.39. The highest BCUT2D eigenvalue weighted by Crippen LogP contribution is 2.35. The summed E-state index contributed by atoms with van der Waals surface area (Å²) in [7, 11) is 2.06. The van der Waals surface area contributed by atoms with Gasteiger partial charge in [-0.1, -0.05) is 36.9 Å². The maximum absolute atomic E-state index is 4.71. The maximum Gasteiger partial charge on any atom is 0.108 e. The monoisotopic (exact) mass is 267 g/mol. The van der Waals surface area contributed by atoms with E-state index in [1.807, 2.05) is 0 Å². The summed E-state index contributed by atoms with van der Waals surface area (Å²) in [6.07, 6.45) is 1.14. The Bertz CT molecular complexity index is 612. The average molecular weight is 267 g/mol. The van der Waals surface area contributed by atoms with Gasteiger partial charge in [0, 0.05) is 31.7 Å². The van der Waals surface area contributed by atoms with Crippen LogP contribution in [0.3, 0.4) is 0 Å². The van der Waals surface area contributed by atoms with Gasteiger partial charge in [-0.3, -0.25) is 4.68 Å². The van der Waals surface area contributed by atoms with Crippen molar-refractivity contribution in [3.05, 3.63) is 59.9 Å². The van der Waals surface area contributed by atoms with Crippen molar-refractivity contribution in [3.8, 4) is 0 Å². The molecule has 0 bridgehead atoms. The fourth-order valence-electron chi connectivity index (χ4n) is 2.84. The predicted molar refractivity (Wildman–Crippen MR) is 82.5 cm³/mol. The lowest BCUT2D eigenvalue weighted by molar-refractivity contribution is 0.505. The molecule has 0 aliphatic carbocycles. The number of nitrogens with zero attached hydrogens (tertiary/aromatic N) is 3. The Morgan fingerprint density at radius 2 is 2.15 bits per heavy atom. The quantitative estimate of drug-likeness (QED) is 0.847. The van der Waals surface area contributed by atoms with Gasteiger partial charge in [-0.2, -0.15) is 5.10 Å². The van der Waals surface area contributed by atoms with Crippen LogP contribution in [0.15, 0.2) is 43.0 Å². The third kappa shape index (κ3) is 2.13. The summed E-state index contributed by atoms with van der Waals surface area (Å²) >= 11 is 0. The highest BCUT2D eigenvalue weighted by Gasteiger charge is 2.26. The Morgan fingerprint density at radius 3 is 2.85 bits per heavy atom. The first kappa shape index (κ1) is 13.0. The molecule has 0 amide bonds. The Labute approximate surface area is 120 Å². The largest absolute Gasteiger partial charge is 0.374 e. The summed E-state index contributed by atoms with van der Waals surface area (Å²) in [5.41, 5.74) is 4.70. The minimum absolute atomic E-state index is 0.470. The minimum Gasteiger partial charge on any atom is -0.374 e. The smallest absolute Gasteiger partial charge is 0.108 e. The van der Waals surface area contributed by atoms with E-state index in [0.29, 0.717) is 5.92 Å². The molecule has 1 aromatic heterocycles. The first-order chi connectivity index (χ1) is 9.70. The van der Waals surface area contributed by atoms with Gasteiger partial charge < -0.3 is 4.90 Å². The Morgan fingerprint density at radius 1 is 1.40 bits per heavy atom. The van der Waals surface area contributed by atoms with Crippen molar-refractivity contribution >= 4 is 5.70 Å². The molecule has 0 saturated heterocycles. The van der Waals surface area contributed by atoms with E-state index in [0.717, 1.165) is 30.9 Å². The molecule has 0 radical (unpaired) electrons. The first-order valence-electron chi connectivity index (χ1n) is 7.23. The Hall–Kier alpha value is -2.03. The van der Waals surface area contributed by atoms with E-state index in [2.05, 4.69) is 66.5 Å². The number of fused-ring (bicyclic) bond motifs is 1. The second-order valence-corrected chi connectivity index (χ2v) is 5.39. The van der Waals surface area contributed by atoms with Crippen molar-refractivity contribution in [1.29, 1.82) is 0 Å². The van der Waals surface area contributed by atoms with Crippen molar-refractivity contribution in [3.63, 3.8) is 0 Å². The van der Waals surface area contributed by atoms with Crippen LogP contribution in [-0.2, 0) is 6.54 Å². The van der Waals surface area contributed by atoms with Crippen LogP contribution in [0.5, 0.6) is 0 Å². The van der Waals surface area contributed by atoms with Crippen LogP contribution >= 0.6 is 0 Å². The van der Waals surface area contributed by atoms with E-state index < -0.39 is 0 Å². The molecule has 2 heterocycles. The Kier molecular flexibility index (Phi) is 3.35. The molecule has 3 nitrogen and oxygen atoms in total. The number of hydrogen-bond acceptors (Lipinski definition) is 2. The van der Waals surface area contributed by atoms with Crippen LogP contribution in [0.1, 0.15) is 36.2 Å². The van der Waals surface area contributed by atoms with Gasteiger partial charge in [-0.15, -0.1) is 0 Å². The summed E-state index contributed by atoms with van der Waals surface area (Å²) in [5, 5.41) is 4.71. The van der Waals surface area contributed by atoms with Crippen LogP contribution in [0.25, 0.3) is 5.70 Å². The van der Waals surface area contributed by atoms with Gasteiger partial charge in [-0.25, -0.2) is 0 Å². The highest BCUT2D eigenvalue weighted by atomic mass is 15.3. The van der Waals surface area contributed by atoms with Crippen molar-refractivity contribution < 1.29 is 0 Å². The van der Waals surface area contributed by atoms with Crippen molar-refractivity contribution in [1.82, 2.24) is 14.7 Å². The summed E-state index contributed by atoms with van der Waals surface area (Å²) in [6.45, 7) is 8.23. The summed E-state index contributed by atoms with van der Waals surface area (Å²) in [6, 6.07) is 12.9. The molecule has 1 unspecified atom stereocenters. The minimum atomic E-state index is 0.470. The molecule has 2 aromatic rings. The molecule has 3 rings (SSSR count). The van der Waals surface area contributed by atoms with Gasteiger partial charge in [-0.05, 0) is 25.0 Å². The number of hydrogen-bond donors (Lipinski definition) is 0. The SMILES string of the molecule is C=C(c1cc2n(n1)CCC2c1ccccc1)N(C)CC. The molecule has 0 spiro atoms. The molecule has 1 aromatic carbocycles. The molecular formula is C17H21N3. The average Bonchev–Trinajstić information content (AvgIpc) is 3.06. The zero-order valence-electron chi connectivity index (χ0n) is 12.2. The van der Waals surface area contributed by atoms with Gasteiger partial charge in [0.2, 0.25) is 0 Å². The highest BCUT2D eigenvalue weighted by molar-refractivity contribution is 5.59. The third-order valence-electron chi connectivity index (χ3n) is 4.23. The number of benzene rings is 1. The molecule has 1 aliphatic heterocycles. The molecule has 1 atom stereocenters. The molecular weight excluding hydrogens is 246 g/mol. The third-order valence-corrected chi connectivity index (χ3v) is 4.23. The molecule has 3 heteroatoms. The molecule has 1 aliphatic rings.